The number of hydrogen-bond donors (Lipinski definition) is 1. The summed E-state index contributed by atoms with van der Waals surface area (Å²) in [5.74, 6) is 0.0662. The summed E-state index contributed by atoms with van der Waals surface area (Å²) in [6.07, 6.45) is 1.61. The van der Waals surface area contributed by atoms with Crippen molar-refractivity contribution in [1.29, 1.82) is 0 Å². The van der Waals surface area contributed by atoms with Crippen LogP contribution in [0.5, 0.6) is 0 Å². The zero-order chi connectivity index (χ0) is 21.6. The van der Waals surface area contributed by atoms with Crippen molar-refractivity contribution in [2.24, 2.45) is 0 Å². The lowest BCUT2D eigenvalue weighted by Crippen LogP contribution is -3.09. The highest BCUT2D eigenvalue weighted by Crippen LogP contribution is 2.11. The maximum absolute atomic E-state index is 12.6. The number of carbonyl (C=O) groups is 1. The second-order valence-electron chi connectivity index (χ2n) is 7.83. The van der Waals surface area contributed by atoms with E-state index in [4.69, 9.17) is 0 Å². The highest BCUT2D eigenvalue weighted by molar-refractivity contribution is 7.92. The summed E-state index contributed by atoms with van der Waals surface area (Å²) in [4.78, 5) is 15.5. The minimum absolute atomic E-state index is 0.0662. The lowest BCUT2D eigenvalue weighted by Gasteiger charge is -2.33. The Bertz CT molecular complexity index is 965. The number of carbonyl (C=O) groups excluding carboxylic acids is 1. The second kappa shape index (κ2) is 10.0. The van der Waals surface area contributed by atoms with E-state index in [9.17, 15) is 13.2 Å². The molecule has 3 rings (SSSR count). The van der Waals surface area contributed by atoms with Gasteiger partial charge in [-0.2, -0.15) is 4.31 Å². The van der Waals surface area contributed by atoms with Gasteiger partial charge in [0, 0.05) is 37.2 Å². The smallest absolute Gasteiger partial charge is 0.277 e. The first-order valence-corrected chi connectivity index (χ1v) is 11.7. The molecule has 1 unspecified atom stereocenters. The molecule has 160 valence electrons. The number of hydrogen-bond acceptors (Lipinski definition) is 3. The van der Waals surface area contributed by atoms with E-state index in [1.807, 2.05) is 37.4 Å². The summed E-state index contributed by atoms with van der Waals surface area (Å²) in [6.45, 7) is 4.74. The third-order valence-electron chi connectivity index (χ3n) is 5.26. The molecule has 1 atom stereocenters. The Morgan fingerprint density at radius 1 is 1.00 bits per heavy atom. The standard InChI is InChI=1S/C23H29N3O3S/c1-20-8-10-22(11-9-20)18-24(2)19-23(27)25-13-15-26(16-14-25)30(28,29)17-12-21-6-4-3-5-7-21/h3-12,17H,13-16,18-19H2,1-2H3/p+1/b17-12+. The van der Waals surface area contributed by atoms with Crippen molar-refractivity contribution in [1.82, 2.24) is 9.21 Å². The monoisotopic (exact) mass is 428 g/mol. The molecular formula is C23H30N3O3S+. The van der Waals surface area contributed by atoms with Crippen LogP contribution in [-0.2, 0) is 21.4 Å². The number of nitrogens with zero attached hydrogens (tertiary/aromatic N) is 2. The number of nitrogens with one attached hydrogen (secondary N) is 1. The van der Waals surface area contributed by atoms with Gasteiger partial charge in [0.05, 0.1) is 7.05 Å². The lowest BCUT2D eigenvalue weighted by molar-refractivity contribution is -0.885. The van der Waals surface area contributed by atoms with Gasteiger partial charge in [-0.15, -0.1) is 0 Å². The summed E-state index contributed by atoms with van der Waals surface area (Å²) < 4.78 is 26.6. The Labute approximate surface area is 179 Å². The van der Waals surface area contributed by atoms with Crippen LogP contribution in [0, 0.1) is 6.92 Å². The molecule has 1 fully saturated rings. The number of quaternary nitrogens is 1. The van der Waals surface area contributed by atoms with E-state index in [1.165, 1.54) is 20.8 Å². The summed E-state index contributed by atoms with van der Waals surface area (Å²) >= 11 is 0. The van der Waals surface area contributed by atoms with Gasteiger partial charge in [0.15, 0.2) is 6.54 Å². The van der Waals surface area contributed by atoms with Crippen LogP contribution >= 0.6 is 0 Å². The molecule has 0 radical (unpaired) electrons. The zero-order valence-corrected chi connectivity index (χ0v) is 18.4. The van der Waals surface area contributed by atoms with Gasteiger partial charge in [0.1, 0.15) is 6.54 Å². The fourth-order valence-corrected chi connectivity index (χ4v) is 4.67. The SMILES string of the molecule is Cc1ccc(C[NH+](C)CC(=O)N2CCN(S(=O)(=O)/C=C/c3ccccc3)CC2)cc1. The Kier molecular flexibility index (Phi) is 7.42. The summed E-state index contributed by atoms with van der Waals surface area (Å²) in [5, 5.41) is 1.25. The van der Waals surface area contributed by atoms with Crippen LogP contribution in [0.3, 0.4) is 0 Å². The first-order valence-electron chi connectivity index (χ1n) is 10.2. The minimum Gasteiger partial charge on any atom is -0.335 e. The van der Waals surface area contributed by atoms with Crippen molar-refractivity contribution >= 4 is 22.0 Å². The van der Waals surface area contributed by atoms with E-state index in [0.717, 1.165) is 17.0 Å². The van der Waals surface area contributed by atoms with Crippen LogP contribution in [0.25, 0.3) is 6.08 Å². The predicted molar refractivity (Wildman–Crippen MR) is 119 cm³/mol. The molecular weight excluding hydrogens is 398 g/mol. The lowest BCUT2D eigenvalue weighted by atomic mass is 10.1. The molecule has 1 amide bonds. The summed E-state index contributed by atoms with van der Waals surface area (Å²) in [5.41, 5.74) is 3.26. The molecule has 6 nitrogen and oxygen atoms in total. The number of rotatable bonds is 7. The van der Waals surface area contributed by atoms with Crippen molar-refractivity contribution in [3.05, 3.63) is 76.7 Å². The Morgan fingerprint density at radius 3 is 2.27 bits per heavy atom. The maximum atomic E-state index is 12.6. The van der Waals surface area contributed by atoms with Gasteiger partial charge in [-0.05, 0) is 18.6 Å². The Hall–Kier alpha value is -2.48. The zero-order valence-electron chi connectivity index (χ0n) is 17.6. The van der Waals surface area contributed by atoms with Gasteiger partial charge in [-0.25, -0.2) is 8.42 Å². The highest BCUT2D eigenvalue weighted by atomic mass is 32.2. The Balaban J connectivity index is 1.48. The van der Waals surface area contributed by atoms with Crippen molar-refractivity contribution in [2.75, 3.05) is 39.8 Å². The number of aryl methyl sites for hydroxylation is 1. The van der Waals surface area contributed by atoms with E-state index in [2.05, 4.69) is 31.2 Å². The highest BCUT2D eigenvalue weighted by Gasteiger charge is 2.28. The van der Waals surface area contributed by atoms with Crippen LogP contribution in [0.4, 0.5) is 0 Å². The van der Waals surface area contributed by atoms with Gasteiger partial charge in [0.2, 0.25) is 10.0 Å². The van der Waals surface area contributed by atoms with Gasteiger partial charge >= 0.3 is 0 Å². The molecule has 7 heteroatoms. The average Bonchev–Trinajstić information content (AvgIpc) is 2.75. The molecule has 0 aliphatic carbocycles. The Morgan fingerprint density at radius 2 is 1.63 bits per heavy atom. The van der Waals surface area contributed by atoms with Crippen molar-refractivity contribution in [3.63, 3.8) is 0 Å². The van der Waals surface area contributed by atoms with E-state index in [-0.39, 0.29) is 5.91 Å². The molecule has 2 aromatic carbocycles. The summed E-state index contributed by atoms with van der Waals surface area (Å²) in [6, 6.07) is 17.7. The topological polar surface area (TPSA) is 62.1 Å². The van der Waals surface area contributed by atoms with E-state index in [0.29, 0.717) is 32.7 Å². The molecule has 1 saturated heterocycles. The first-order chi connectivity index (χ1) is 14.3. The van der Waals surface area contributed by atoms with Crippen LogP contribution in [0.1, 0.15) is 16.7 Å². The number of benzene rings is 2. The van der Waals surface area contributed by atoms with Gasteiger partial charge in [-0.3, -0.25) is 4.79 Å². The fourth-order valence-electron chi connectivity index (χ4n) is 3.49. The third kappa shape index (κ3) is 6.26. The molecule has 1 aliphatic heterocycles. The van der Waals surface area contributed by atoms with Gasteiger partial charge < -0.3 is 9.80 Å². The maximum Gasteiger partial charge on any atom is 0.277 e. The molecule has 0 bridgehead atoms. The molecule has 1 heterocycles. The molecule has 30 heavy (non-hydrogen) atoms. The van der Waals surface area contributed by atoms with Crippen molar-refractivity contribution < 1.29 is 18.1 Å². The number of amides is 1. The fraction of sp³-hybridized carbons (Fsp3) is 0.348. The minimum atomic E-state index is -3.49. The van der Waals surface area contributed by atoms with Crippen molar-refractivity contribution in [2.45, 2.75) is 13.5 Å². The number of sulfonamides is 1. The normalized spacial score (nSPS) is 16.7. The number of likely N-dealkylation sites (N-methyl/N-ethyl adjacent to an activating group) is 1. The van der Waals surface area contributed by atoms with Crippen LogP contribution in [-0.4, -0.2) is 63.3 Å². The van der Waals surface area contributed by atoms with E-state index in [1.54, 1.807) is 11.0 Å². The van der Waals surface area contributed by atoms with Gasteiger partial charge in [-0.1, -0.05) is 60.2 Å². The first kappa shape index (κ1) is 22.2. The number of piperazine rings is 1. The largest absolute Gasteiger partial charge is 0.335 e. The molecule has 0 aromatic heterocycles. The molecule has 2 aromatic rings. The van der Waals surface area contributed by atoms with Crippen molar-refractivity contribution in [3.8, 4) is 0 Å². The average molecular weight is 429 g/mol. The second-order valence-corrected chi connectivity index (χ2v) is 9.65. The van der Waals surface area contributed by atoms with Gasteiger partial charge in [0.25, 0.3) is 5.91 Å². The predicted octanol–water partition coefficient (Wildman–Crippen LogP) is 1.15. The quantitative estimate of drug-likeness (QED) is 0.720. The van der Waals surface area contributed by atoms with E-state index >= 15 is 0 Å². The molecule has 1 aliphatic rings. The van der Waals surface area contributed by atoms with Crippen LogP contribution < -0.4 is 4.90 Å². The van der Waals surface area contributed by atoms with Crippen LogP contribution in [0.2, 0.25) is 0 Å². The molecule has 0 spiro atoms. The summed E-state index contributed by atoms with van der Waals surface area (Å²) in [7, 11) is -1.48. The van der Waals surface area contributed by atoms with E-state index < -0.39 is 10.0 Å². The third-order valence-corrected chi connectivity index (χ3v) is 6.83. The molecule has 1 N–H and O–H groups in total. The molecule has 0 saturated carbocycles. The van der Waals surface area contributed by atoms with Crippen LogP contribution in [0.15, 0.2) is 60.0 Å².